The van der Waals surface area contributed by atoms with Gasteiger partial charge in [-0.25, -0.2) is 4.98 Å². The third-order valence-electron chi connectivity index (χ3n) is 2.83. The lowest BCUT2D eigenvalue weighted by Gasteiger charge is -2.18. The lowest BCUT2D eigenvalue weighted by molar-refractivity contribution is 0.102. The Hall–Kier alpha value is -0.940. The third kappa shape index (κ3) is 2.59. The number of Topliss-reactive ketones (excluding diaryl/α,β-unsaturated/α-hetero) is 1. The third-order valence-corrected chi connectivity index (χ3v) is 3.99. The Bertz CT molecular complexity index is 377. The molecule has 1 aliphatic rings. The summed E-state index contributed by atoms with van der Waals surface area (Å²) in [5.74, 6) is 0.107. The molecule has 1 aliphatic heterocycles. The predicted octanol–water partition coefficient (Wildman–Crippen LogP) is 1.49. The largest absolute Gasteiger partial charge is 0.347 e. The van der Waals surface area contributed by atoms with Crippen LogP contribution in [0.15, 0.2) is 6.20 Å². The van der Waals surface area contributed by atoms with Gasteiger partial charge in [-0.3, -0.25) is 4.79 Å². The van der Waals surface area contributed by atoms with Crippen LogP contribution in [0.2, 0.25) is 0 Å². The number of carbonyl (C=O) groups excluding carboxylic acids is 1. The molecule has 0 N–H and O–H groups in total. The SMILES string of the molecule is CC(=O)c1cnc(N2CCCN(C)CC2)s1. The zero-order valence-corrected chi connectivity index (χ0v) is 10.6. The number of carbonyl (C=O) groups is 1. The molecule has 1 aromatic heterocycles. The maximum atomic E-state index is 11.2. The molecule has 0 spiro atoms. The zero-order valence-electron chi connectivity index (χ0n) is 9.77. The van der Waals surface area contributed by atoms with E-state index in [0.717, 1.165) is 42.6 Å². The van der Waals surface area contributed by atoms with Crippen LogP contribution >= 0.6 is 11.3 Å². The summed E-state index contributed by atoms with van der Waals surface area (Å²) >= 11 is 1.50. The standard InChI is InChI=1S/C11H17N3OS/c1-9(15)10-8-12-11(16-10)14-5-3-4-13(2)6-7-14/h8H,3-7H2,1-2H3. The molecular formula is C11H17N3OS. The first-order chi connectivity index (χ1) is 7.66. The molecule has 5 heteroatoms. The van der Waals surface area contributed by atoms with E-state index in [9.17, 15) is 4.79 Å². The molecule has 0 bridgehead atoms. The summed E-state index contributed by atoms with van der Waals surface area (Å²) in [7, 11) is 2.15. The second-order valence-corrected chi connectivity index (χ2v) is 5.22. The van der Waals surface area contributed by atoms with E-state index in [1.54, 1.807) is 13.1 Å². The van der Waals surface area contributed by atoms with Crippen LogP contribution in [0, 0.1) is 0 Å². The molecule has 0 amide bonds. The lowest BCUT2D eigenvalue weighted by atomic mass is 10.4. The molecule has 16 heavy (non-hydrogen) atoms. The Morgan fingerprint density at radius 2 is 2.19 bits per heavy atom. The van der Waals surface area contributed by atoms with Gasteiger partial charge in [0, 0.05) is 26.6 Å². The van der Waals surface area contributed by atoms with Crippen LogP contribution in [-0.4, -0.2) is 48.9 Å². The van der Waals surface area contributed by atoms with E-state index in [1.807, 2.05) is 0 Å². The van der Waals surface area contributed by atoms with Gasteiger partial charge >= 0.3 is 0 Å². The topological polar surface area (TPSA) is 36.4 Å². The van der Waals surface area contributed by atoms with Crippen LogP contribution in [0.3, 0.4) is 0 Å². The highest BCUT2D eigenvalue weighted by molar-refractivity contribution is 7.17. The summed E-state index contributed by atoms with van der Waals surface area (Å²) in [5, 5.41) is 0.987. The van der Waals surface area contributed by atoms with E-state index in [-0.39, 0.29) is 5.78 Å². The van der Waals surface area contributed by atoms with Gasteiger partial charge in [-0.2, -0.15) is 0 Å². The lowest BCUT2D eigenvalue weighted by Crippen LogP contribution is -2.28. The van der Waals surface area contributed by atoms with Crippen molar-refractivity contribution in [2.45, 2.75) is 13.3 Å². The molecule has 88 valence electrons. The molecule has 0 unspecified atom stereocenters. The van der Waals surface area contributed by atoms with Crippen molar-refractivity contribution in [3.63, 3.8) is 0 Å². The number of aromatic nitrogens is 1. The monoisotopic (exact) mass is 239 g/mol. The molecule has 2 heterocycles. The van der Waals surface area contributed by atoms with Crippen molar-refractivity contribution in [3.05, 3.63) is 11.1 Å². The van der Waals surface area contributed by atoms with E-state index in [2.05, 4.69) is 21.8 Å². The van der Waals surface area contributed by atoms with E-state index < -0.39 is 0 Å². The zero-order chi connectivity index (χ0) is 11.5. The van der Waals surface area contributed by atoms with Crippen molar-refractivity contribution in [1.82, 2.24) is 9.88 Å². The minimum absolute atomic E-state index is 0.107. The number of hydrogen-bond acceptors (Lipinski definition) is 5. The molecule has 4 nitrogen and oxygen atoms in total. The number of ketones is 1. The molecule has 1 saturated heterocycles. The maximum Gasteiger partial charge on any atom is 0.185 e. The molecular weight excluding hydrogens is 222 g/mol. The Balaban J connectivity index is 2.07. The average Bonchev–Trinajstić information content (AvgIpc) is 2.63. The molecule has 2 rings (SSSR count). The Morgan fingerprint density at radius 1 is 1.38 bits per heavy atom. The first kappa shape index (κ1) is 11.5. The van der Waals surface area contributed by atoms with E-state index in [1.165, 1.54) is 11.3 Å². The molecule has 1 fully saturated rings. The molecule has 0 aromatic carbocycles. The smallest absolute Gasteiger partial charge is 0.185 e. The number of hydrogen-bond donors (Lipinski definition) is 0. The first-order valence-electron chi connectivity index (χ1n) is 5.57. The summed E-state index contributed by atoms with van der Waals surface area (Å²) in [6, 6.07) is 0. The van der Waals surface area contributed by atoms with Crippen LogP contribution in [0.1, 0.15) is 23.0 Å². The van der Waals surface area contributed by atoms with Crippen molar-refractivity contribution < 1.29 is 4.79 Å². The van der Waals surface area contributed by atoms with Gasteiger partial charge in [0.05, 0.1) is 11.1 Å². The summed E-state index contributed by atoms with van der Waals surface area (Å²) in [6.07, 6.45) is 2.85. The van der Waals surface area contributed by atoms with Crippen LogP contribution in [0.25, 0.3) is 0 Å². The van der Waals surface area contributed by atoms with Gasteiger partial charge in [0.15, 0.2) is 10.9 Å². The van der Waals surface area contributed by atoms with Gasteiger partial charge in [0.2, 0.25) is 0 Å². The van der Waals surface area contributed by atoms with Gasteiger partial charge in [0.25, 0.3) is 0 Å². The normalized spacial score (nSPS) is 18.5. The van der Waals surface area contributed by atoms with Crippen LogP contribution in [0.4, 0.5) is 5.13 Å². The van der Waals surface area contributed by atoms with Crippen molar-refractivity contribution >= 4 is 22.3 Å². The second-order valence-electron chi connectivity index (χ2n) is 4.21. The number of likely N-dealkylation sites (N-methyl/N-ethyl adjacent to an activating group) is 1. The van der Waals surface area contributed by atoms with Gasteiger partial charge in [-0.05, 0) is 20.0 Å². The van der Waals surface area contributed by atoms with Gasteiger partial charge in [0.1, 0.15) is 0 Å². The second kappa shape index (κ2) is 4.93. The fourth-order valence-corrected chi connectivity index (χ4v) is 2.67. The Kier molecular flexibility index (Phi) is 3.56. The highest BCUT2D eigenvalue weighted by Gasteiger charge is 2.16. The van der Waals surface area contributed by atoms with Crippen molar-refractivity contribution in [2.24, 2.45) is 0 Å². The van der Waals surface area contributed by atoms with Gasteiger partial charge in [-0.15, -0.1) is 0 Å². The highest BCUT2D eigenvalue weighted by atomic mass is 32.1. The number of nitrogens with zero attached hydrogens (tertiary/aromatic N) is 3. The number of rotatable bonds is 2. The minimum atomic E-state index is 0.107. The van der Waals surface area contributed by atoms with E-state index in [0.29, 0.717) is 0 Å². The maximum absolute atomic E-state index is 11.2. The molecule has 0 radical (unpaired) electrons. The first-order valence-corrected chi connectivity index (χ1v) is 6.39. The molecule has 0 atom stereocenters. The fourth-order valence-electron chi connectivity index (χ4n) is 1.81. The van der Waals surface area contributed by atoms with Crippen LogP contribution in [0.5, 0.6) is 0 Å². The van der Waals surface area contributed by atoms with Gasteiger partial charge < -0.3 is 9.80 Å². The number of anilines is 1. The summed E-state index contributed by atoms with van der Waals surface area (Å²) in [5.41, 5.74) is 0. The van der Waals surface area contributed by atoms with Crippen LogP contribution in [-0.2, 0) is 0 Å². The van der Waals surface area contributed by atoms with E-state index >= 15 is 0 Å². The quantitative estimate of drug-likeness (QED) is 0.733. The summed E-state index contributed by atoms with van der Waals surface area (Å²) < 4.78 is 0. The average molecular weight is 239 g/mol. The molecule has 1 aromatic rings. The van der Waals surface area contributed by atoms with Crippen molar-refractivity contribution in [1.29, 1.82) is 0 Å². The van der Waals surface area contributed by atoms with Crippen LogP contribution < -0.4 is 4.90 Å². The highest BCUT2D eigenvalue weighted by Crippen LogP contribution is 2.23. The summed E-state index contributed by atoms with van der Waals surface area (Å²) in [6.45, 7) is 5.83. The number of thiazole rings is 1. The Labute approximate surface area is 99.9 Å². The fraction of sp³-hybridized carbons (Fsp3) is 0.636. The molecule has 0 aliphatic carbocycles. The predicted molar refractivity (Wildman–Crippen MR) is 66.4 cm³/mol. The summed E-state index contributed by atoms with van der Waals surface area (Å²) in [4.78, 5) is 20.9. The van der Waals surface area contributed by atoms with Gasteiger partial charge in [-0.1, -0.05) is 11.3 Å². The van der Waals surface area contributed by atoms with Crippen molar-refractivity contribution in [3.8, 4) is 0 Å². The minimum Gasteiger partial charge on any atom is -0.347 e. The Morgan fingerprint density at radius 3 is 2.88 bits per heavy atom. The molecule has 0 saturated carbocycles. The van der Waals surface area contributed by atoms with E-state index in [4.69, 9.17) is 0 Å². The van der Waals surface area contributed by atoms with Crippen molar-refractivity contribution in [2.75, 3.05) is 38.1 Å².